The van der Waals surface area contributed by atoms with Gasteiger partial charge in [-0.1, -0.05) is 0 Å². The number of amides is 1. The van der Waals surface area contributed by atoms with Crippen LogP contribution in [0.15, 0.2) is 35.1 Å². The number of hydrogen-bond acceptors (Lipinski definition) is 3. The maximum Gasteiger partial charge on any atom is 0.335 e. The lowest BCUT2D eigenvalue weighted by Gasteiger charge is -2.09. The first-order chi connectivity index (χ1) is 9.88. The average molecular weight is 286 g/mol. The zero-order chi connectivity index (χ0) is 15.6. The summed E-state index contributed by atoms with van der Waals surface area (Å²) in [5.41, 5.74) is 1.41. The third-order valence-electron chi connectivity index (χ3n) is 3.02. The Morgan fingerprint density at radius 3 is 2.43 bits per heavy atom. The number of nitrogens with one attached hydrogen (secondary N) is 2. The van der Waals surface area contributed by atoms with Crippen molar-refractivity contribution in [2.45, 2.75) is 13.8 Å². The predicted octanol–water partition coefficient (Wildman–Crippen LogP) is 1.94. The number of carbonyl (C=O) groups is 2. The number of aromatic nitrogens is 1. The van der Waals surface area contributed by atoms with Crippen LogP contribution in [0.4, 0.5) is 5.69 Å². The van der Waals surface area contributed by atoms with Crippen LogP contribution in [0.5, 0.6) is 0 Å². The highest BCUT2D eigenvalue weighted by molar-refractivity contribution is 6.04. The summed E-state index contributed by atoms with van der Waals surface area (Å²) in [5.74, 6) is -1.58. The summed E-state index contributed by atoms with van der Waals surface area (Å²) in [6.07, 6.45) is 0. The van der Waals surface area contributed by atoms with Crippen LogP contribution in [0.1, 0.15) is 32.0 Å². The fourth-order valence-corrected chi connectivity index (χ4v) is 1.88. The summed E-state index contributed by atoms with van der Waals surface area (Å²) >= 11 is 0. The highest BCUT2D eigenvalue weighted by Gasteiger charge is 2.13. The van der Waals surface area contributed by atoms with E-state index < -0.39 is 17.4 Å². The molecular formula is C15H14N2O4. The van der Waals surface area contributed by atoms with Crippen molar-refractivity contribution in [3.05, 3.63) is 63.1 Å². The smallest absolute Gasteiger partial charge is 0.335 e. The molecule has 108 valence electrons. The molecule has 0 spiro atoms. The number of aryl methyl sites for hydroxylation is 2. The van der Waals surface area contributed by atoms with Crippen molar-refractivity contribution in [2.75, 3.05) is 5.32 Å². The Balaban J connectivity index is 2.27. The van der Waals surface area contributed by atoms with Gasteiger partial charge in [-0.3, -0.25) is 9.59 Å². The summed E-state index contributed by atoms with van der Waals surface area (Å²) in [6, 6.07) is 7.43. The lowest BCUT2D eigenvalue weighted by atomic mass is 10.1. The number of anilines is 1. The van der Waals surface area contributed by atoms with E-state index in [0.29, 0.717) is 16.9 Å². The number of pyridine rings is 1. The second-order valence-electron chi connectivity index (χ2n) is 4.67. The SMILES string of the molecule is Cc1ccc(C(=O)Nc2ccc(C(=O)O)cc2C)c(=O)[nH]1. The van der Waals surface area contributed by atoms with Gasteiger partial charge in [-0.05, 0) is 49.7 Å². The van der Waals surface area contributed by atoms with Crippen molar-refractivity contribution >= 4 is 17.6 Å². The molecule has 2 rings (SSSR count). The van der Waals surface area contributed by atoms with Crippen LogP contribution >= 0.6 is 0 Å². The molecule has 0 aliphatic rings. The Labute approximate surface area is 120 Å². The molecular weight excluding hydrogens is 272 g/mol. The summed E-state index contributed by atoms with van der Waals surface area (Å²) < 4.78 is 0. The lowest BCUT2D eigenvalue weighted by molar-refractivity contribution is 0.0696. The average Bonchev–Trinajstić information content (AvgIpc) is 2.40. The maximum absolute atomic E-state index is 12.1. The Hall–Kier alpha value is -2.89. The number of aromatic amines is 1. The zero-order valence-electron chi connectivity index (χ0n) is 11.6. The van der Waals surface area contributed by atoms with E-state index in [-0.39, 0.29) is 11.1 Å². The molecule has 0 aliphatic carbocycles. The van der Waals surface area contributed by atoms with Crippen molar-refractivity contribution < 1.29 is 14.7 Å². The number of aromatic carboxylic acids is 1. The molecule has 0 bridgehead atoms. The second kappa shape index (κ2) is 5.62. The van der Waals surface area contributed by atoms with Gasteiger partial charge in [-0.2, -0.15) is 0 Å². The predicted molar refractivity (Wildman–Crippen MR) is 77.9 cm³/mol. The largest absolute Gasteiger partial charge is 0.478 e. The number of carbonyl (C=O) groups excluding carboxylic acids is 1. The molecule has 0 unspecified atom stereocenters. The first-order valence-corrected chi connectivity index (χ1v) is 6.23. The quantitative estimate of drug-likeness (QED) is 0.802. The molecule has 2 aromatic rings. The molecule has 1 heterocycles. The van der Waals surface area contributed by atoms with E-state index in [1.165, 1.54) is 24.3 Å². The van der Waals surface area contributed by atoms with Gasteiger partial charge in [0.15, 0.2) is 0 Å². The van der Waals surface area contributed by atoms with E-state index >= 15 is 0 Å². The Morgan fingerprint density at radius 1 is 1.14 bits per heavy atom. The molecule has 1 amide bonds. The van der Waals surface area contributed by atoms with Crippen LogP contribution in [0.2, 0.25) is 0 Å². The van der Waals surface area contributed by atoms with Gasteiger partial charge in [0, 0.05) is 11.4 Å². The van der Waals surface area contributed by atoms with Crippen LogP contribution in [-0.2, 0) is 0 Å². The van der Waals surface area contributed by atoms with E-state index in [2.05, 4.69) is 10.3 Å². The van der Waals surface area contributed by atoms with E-state index in [1.807, 2.05) is 0 Å². The molecule has 1 aromatic heterocycles. The topological polar surface area (TPSA) is 99.3 Å². The summed E-state index contributed by atoms with van der Waals surface area (Å²) in [6.45, 7) is 3.40. The van der Waals surface area contributed by atoms with E-state index in [0.717, 1.165) is 0 Å². The van der Waals surface area contributed by atoms with Crippen molar-refractivity contribution in [2.24, 2.45) is 0 Å². The molecule has 1 aromatic carbocycles. The van der Waals surface area contributed by atoms with Gasteiger partial charge in [0.1, 0.15) is 5.56 Å². The fraction of sp³-hybridized carbons (Fsp3) is 0.133. The monoisotopic (exact) mass is 286 g/mol. The maximum atomic E-state index is 12.1. The molecule has 0 saturated carbocycles. The normalized spacial score (nSPS) is 10.2. The minimum atomic E-state index is -1.04. The molecule has 6 heteroatoms. The molecule has 6 nitrogen and oxygen atoms in total. The van der Waals surface area contributed by atoms with Gasteiger partial charge in [0.05, 0.1) is 5.56 Å². The minimum Gasteiger partial charge on any atom is -0.478 e. The number of benzene rings is 1. The highest BCUT2D eigenvalue weighted by Crippen LogP contribution is 2.17. The molecule has 21 heavy (non-hydrogen) atoms. The number of H-pyrrole nitrogens is 1. The van der Waals surface area contributed by atoms with Gasteiger partial charge in [0.2, 0.25) is 0 Å². The lowest BCUT2D eigenvalue weighted by Crippen LogP contribution is -2.23. The van der Waals surface area contributed by atoms with Crippen molar-refractivity contribution in [1.29, 1.82) is 0 Å². The summed E-state index contributed by atoms with van der Waals surface area (Å²) in [5, 5.41) is 11.5. The van der Waals surface area contributed by atoms with E-state index in [9.17, 15) is 14.4 Å². The van der Waals surface area contributed by atoms with Crippen molar-refractivity contribution in [3.63, 3.8) is 0 Å². The summed E-state index contributed by atoms with van der Waals surface area (Å²) in [7, 11) is 0. The molecule has 0 atom stereocenters. The van der Waals surface area contributed by atoms with E-state index in [1.54, 1.807) is 19.9 Å². The van der Waals surface area contributed by atoms with Crippen molar-refractivity contribution in [3.8, 4) is 0 Å². The molecule has 0 radical (unpaired) electrons. The molecule has 0 aliphatic heterocycles. The van der Waals surface area contributed by atoms with Gasteiger partial charge < -0.3 is 15.4 Å². The van der Waals surface area contributed by atoms with Crippen LogP contribution < -0.4 is 10.9 Å². The first-order valence-electron chi connectivity index (χ1n) is 6.23. The number of carboxylic acid groups (broad SMARTS) is 1. The molecule has 0 saturated heterocycles. The first kappa shape index (κ1) is 14.5. The molecule has 0 fully saturated rings. The van der Waals surface area contributed by atoms with Gasteiger partial charge in [-0.15, -0.1) is 0 Å². The zero-order valence-corrected chi connectivity index (χ0v) is 11.6. The standard InChI is InChI=1S/C15H14N2O4/c1-8-7-10(15(20)21)4-6-12(8)17-14(19)11-5-3-9(2)16-13(11)18/h3-7H,1-2H3,(H,16,18)(H,17,19)(H,20,21). The Bertz CT molecular complexity index is 777. The van der Waals surface area contributed by atoms with Gasteiger partial charge in [-0.25, -0.2) is 4.79 Å². The minimum absolute atomic E-state index is 0.00214. The Kier molecular flexibility index (Phi) is 3.89. The van der Waals surface area contributed by atoms with Crippen LogP contribution in [-0.4, -0.2) is 22.0 Å². The second-order valence-corrected chi connectivity index (χ2v) is 4.67. The number of carboxylic acids is 1. The third kappa shape index (κ3) is 3.17. The fourth-order valence-electron chi connectivity index (χ4n) is 1.88. The highest BCUT2D eigenvalue weighted by atomic mass is 16.4. The van der Waals surface area contributed by atoms with Gasteiger partial charge >= 0.3 is 5.97 Å². The Morgan fingerprint density at radius 2 is 1.86 bits per heavy atom. The van der Waals surface area contributed by atoms with Crippen LogP contribution in [0.25, 0.3) is 0 Å². The molecule has 3 N–H and O–H groups in total. The van der Waals surface area contributed by atoms with Crippen LogP contribution in [0, 0.1) is 13.8 Å². The summed E-state index contributed by atoms with van der Waals surface area (Å²) in [4.78, 5) is 37.2. The number of rotatable bonds is 3. The van der Waals surface area contributed by atoms with E-state index in [4.69, 9.17) is 5.11 Å². The van der Waals surface area contributed by atoms with Crippen molar-refractivity contribution in [1.82, 2.24) is 4.98 Å². The third-order valence-corrected chi connectivity index (χ3v) is 3.02. The van der Waals surface area contributed by atoms with Crippen LogP contribution in [0.3, 0.4) is 0 Å². The van der Waals surface area contributed by atoms with Gasteiger partial charge in [0.25, 0.3) is 11.5 Å². The number of hydrogen-bond donors (Lipinski definition) is 3.